The largest absolute Gasteiger partial charge is 0.497 e. The third kappa shape index (κ3) is 4.64. The summed E-state index contributed by atoms with van der Waals surface area (Å²) in [6.07, 6.45) is -0.643. The number of rotatable bonds is 4. The van der Waals surface area contributed by atoms with Gasteiger partial charge in [-0.1, -0.05) is 34.8 Å². The molecule has 1 fully saturated rings. The van der Waals surface area contributed by atoms with Gasteiger partial charge in [-0.25, -0.2) is 0 Å². The number of methoxy groups -OCH3 is 1. The Morgan fingerprint density at radius 2 is 1.86 bits per heavy atom. The lowest BCUT2D eigenvalue weighted by atomic mass is 10.2. The van der Waals surface area contributed by atoms with Crippen LogP contribution in [0.1, 0.15) is 10.4 Å². The molecular formula is C14H18Cl3N2O3+. The van der Waals surface area contributed by atoms with Gasteiger partial charge in [-0.2, -0.15) is 0 Å². The van der Waals surface area contributed by atoms with Crippen LogP contribution < -0.4 is 15.0 Å². The fourth-order valence-electron chi connectivity index (χ4n) is 2.29. The first kappa shape index (κ1) is 17.6. The number of alkyl halides is 3. The van der Waals surface area contributed by atoms with Crippen LogP contribution in [-0.2, 0) is 4.74 Å². The van der Waals surface area contributed by atoms with E-state index in [2.05, 4.69) is 5.32 Å². The number of morpholine rings is 1. The zero-order valence-electron chi connectivity index (χ0n) is 12.1. The van der Waals surface area contributed by atoms with E-state index >= 15 is 0 Å². The van der Waals surface area contributed by atoms with Crippen molar-refractivity contribution in [3.05, 3.63) is 29.8 Å². The lowest BCUT2D eigenvalue weighted by molar-refractivity contribution is -0.934. The Morgan fingerprint density at radius 1 is 1.27 bits per heavy atom. The number of quaternary nitrogens is 1. The molecule has 122 valence electrons. The molecule has 1 atom stereocenters. The van der Waals surface area contributed by atoms with E-state index in [1.807, 2.05) is 0 Å². The van der Waals surface area contributed by atoms with E-state index in [1.54, 1.807) is 31.4 Å². The number of ether oxygens (including phenoxy) is 2. The van der Waals surface area contributed by atoms with Gasteiger partial charge in [-0.3, -0.25) is 10.1 Å². The van der Waals surface area contributed by atoms with E-state index in [4.69, 9.17) is 44.3 Å². The molecule has 1 aliphatic heterocycles. The van der Waals surface area contributed by atoms with Crippen molar-refractivity contribution in [3.8, 4) is 5.75 Å². The Kier molecular flexibility index (Phi) is 6.17. The number of benzene rings is 1. The highest BCUT2D eigenvalue weighted by Gasteiger charge is 2.42. The second kappa shape index (κ2) is 7.70. The minimum Gasteiger partial charge on any atom is -0.497 e. The molecule has 0 radical (unpaired) electrons. The maximum atomic E-state index is 12.4. The first-order valence-corrected chi connectivity index (χ1v) is 7.99. The average molecular weight is 369 g/mol. The Morgan fingerprint density at radius 3 is 2.36 bits per heavy atom. The molecular weight excluding hydrogens is 351 g/mol. The topological polar surface area (TPSA) is 52.0 Å². The van der Waals surface area contributed by atoms with Crippen LogP contribution in [0.5, 0.6) is 5.75 Å². The van der Waals surface area contributed by atoms with Crippen LogP contribution in [0.3, 0.4) is 0 Å². The number of amides is 1. The standard InChI is InChI=1S/C14H17Cl3N2O3/c1-21-11-4-2-10(3-5-11)12(20)18-13(14(15,16)17)19-6-8-22-9-7-19/h2-5,13H,6-9H2,1H3,(H,18,20)/p+1/t13-/m1/s1. The van der Waals surface area contributed by atoms with Crippen molar-refractivity contribution in [2.45, 2.75) is 9.96 Å². The summed E-state index contributed by atoms with van der Waals surface area (Å²) < 4.78 is 8.77. The second-order valence-electron chi connectivity index (χ2n) is 4.95. The molecule has 1 heterocycles. The fraction of sp³-hybridized carbons (Fsp3) is 0.500. The highest BCUT2D eigenvalue weighted by Crippen LogP contribution is 2.28. The van der Waals surface area contributed by atoms with Crippen LogP contribution in [0.2, 0.25) is 0 Å². The van der Waals surface area contributed by atoms with Gasteiger partial charge in [0, 0.05) is 5.56 Å². The minimum atomic E-state index is -1.60. The van der Waals surface area contributed by atoms with E-state index < -0.39 is 9.96 Å². The summed E-state index contributed by atoms with van der Waals surface area (Å²) in [5.41, 5.74) is 0.479. The monoisotopic (exact) mass is 367 g/mol. The maximum absolute atomic E-state index is 12.4. The van der Waals surface area contributed by atoms with Gasteiger partial charge in [0.1, 0.15) is 18.8 Å². The van der Waals surface area contributed by atoms with Crippen LogP contribution in [-0.4, -0.2) is 49.3 Å². The van der Waals surface area contributed by atoms with Crippen molar-refractivity contribution in [1.82, 2.24) is 5.32 Å². The molecule has 0 spiro atoms. The summed E-state index contributed by atoms with van der Waals surface area (Å²) in [6, 6.07) is 6.75. The Bertz CT molecular complexity index is 499. The SMILES string of the molecule is COc1ccc(C(=O)N[C@H]([NH+]2CCOCC2)C(Cl)(Cl)Cl)cc1. The number of hydrogen-bond donors (Lipinski definition) is 2. The summed E-state index contributed by atoms with van der Waals surface area (Å²) in [5.74, 6) is 0.381. The number of carbonyl (C=O) groups excluding carboxylic acids is 1. The number of halogens is 3. The first-order chi connectivity index (χ1) is 10.4. The van der Waals surface area contributed by atoms with Gasteiger partial charge >= 0.3 is 0 Å². The summed E-state index contributed by atoms with van der Waals surface area (Å²) >= 11 is 18.1. The molecule has 0 bridgehead atoms. The number of nitrogens with one attached hydrogen (secondary N) is 2. The fourth-order valence-corrected chi connectivity index (χ4v) is 2.92. The van der Waals surface area contributed by atoms with Gasteiger partial charge in [0.25, 0.3) is 9.70 Å². The van der Waals surface area contributed by atoms with Crippen LogP contribution in [0.15, 0.2) is 24.3 Å². The van der Waals surface area contributed by atoms with E-state index in [-0.39, 0.29) is 5.91 Å². The third-order valence-corrected chi connectivity index (χ3v) is 4.15. The van der Waals surface area contributed by atoms with E-state index in [0.717, 1.165) is 4.90 Å². The molecule has 1 aromatic rings. The zero-order chi connectivity index (χ0) is 16.2. The molecule has 0 unspecified atom stereocenters. The smallest absolute Gasteiger partial charge is 0.262 e. The van der Waals surface area contributed by atoms with Crippen LogP contribution in [0, 0.1) is 0 Å². The molecule has 0 saturated carbocycles. The molecule has 2 N–H and O–H groups in total. The Labute approximate surface area is 144 Å². The van der Waals surface area contributed by atoms with Crippen LogP contribution in [0.4, 0.5) is 0 Å². The van der Waals surface area contributed by atoms with Gasteiger partial charge in [-0.15, -0.1) is 0 Å². The van der Waals surface area contributed by atoms with Crippen LogP contribution in [0.25, 0.3) is 0 Å². The second-order valence-corrected chi connectivity index (χ2v) is 7.32. The van der Waals surface area contributed by atoms with E-state index in [0.29, 0.717) is 37.6 Å². The summed E-state index contributed by atoms with van der Waals surface area (Å²) in [7, 11) is 1.57. The molecule has 8 heteroatoms. The van der Waals surface area contributed by atoms with Crippen molar-refractivity contribution in [3.63, 3.8) is 0 Å². The summed E-state index contributed by atoms with van der Waals surface area (Å²) in [6.45, 7) is 2.49. The minimum absolute atomic E-state index is 0.294. The zero-order valence-corrected chi connectivity index (χ0v) is 14.3. The molecule has 2 rings (SSSR count). The summed E-state index contributed by atoms with van der Waals surface area (Å²) in [5, 5.41) is 2.81. The van der Waals surface area contributed by atoms with Crippen molar-refractivity contribution in [1.29, 1.82) is 0 Å². The first-order valence-electron chi connectivity index (χ1n) is 6.86. The molecule has 1 aromatic carbocycles. The molecule has 1 amide bonds. The third-order valence-electron chi connectivity index (χ3n) is 3.50. The van der Waals surface area contributed by atoms with Crippen LogP contribution >= 0.6 is 34.8 Å². The van der Waals surface area contributed by atoms with Crippen molar-refractivity contribution < 1.29 is 19.2 Å². The maximum Gasteiger partial charge on any atom is 0.262 e. The predicted octanol–water partition coefficient (Wildman–Crippen LogP) is 1.04. The van der Waals surface area contributed by atoms with Gasteiger partial charge in [-0.05, 0) is 24.3 Å². The van der Waals surface area contributed by atoms with Gasteiger partial charge in [0.05, 0.1) is 20.3 Å². The van der Waals surface area contributed by atoms with Gasteiger partial charge in [0.2, 0.25) is 6.17 Å². The van der Waals surface area contributed by atoms with Crippen molar-refractivity contribution in [2.24, 2.45) is 0 Å². The van der Waals surface area contributed by atoms with E-state index in [1.165, 1.54) is 0 Å². The number of carbonyl (C=O) groups is 1. The molecule has 1 aliphatic rings. The highest BCUT2D eigenvalue weighted by molar-refractivity contribution is 6.68. The average Bonchev–Trinajstić information content (AvgIpc) is 2.52. The Balaban J connectivity index is 2.09. The molecule has 0 aliphatic carbocycles. The molecule has 5 nitrogen and oxygen atoms in total. The lowest BCUT2D eigenvalue weighted by Crippen LogP contribution is -3.21. The van der Waals surface area contributed by atoms with Crippen molar-refractivity contribution in [2.75, 3.05) is 33.4 Å². The normalized spacial score (nSPS) is 17.8. The highest BCUT2D eigenvalue weighted by atomic mass is 35.6. The molecule has 1 saturated heterocycles. The lowest BCUT2D eigenvalue weighted by Gasteiger charge is -2.35. The summed E-state index contributed by atoms with van der Waals surface area (Å²) in [4.78, 5) is 13.4. The predicted molar refractivity (Wildman–Crippen MR) is 86.1 cm³/mol. The quantitative estimate of drug-likeness (QED) is 0.781. The van der Waals surface area contributed by atoms with Gasteiger partial charge < -0.3 is 14.4 Å². The molecule has 22 heavy (non-hydrogen) atoms. The Hall–Kier alpha value is -0.720. The van der Waals surface area contributed by atoms with E-state index in [9.17, 15) is 4.79 Å². The van der Waals surface area contributed by atoms with Crippen molar-refractivity contribution >= 4 is 40.7 Å². The number of hydrogen-bond acceptors (Lipinski definition) is 3. The molecule has 0 aromatic heterocycles. The van der Waals surface area contributed by atoms with Gasteiger partial charge in [0.15, 0.2) is 0 Å².